The van der Waals surface area contributed by atoms with E-state index in [0.29, 0.717) is 0 Å². The lowest BCUT2D eigenvalue weighted by Gasteiger charge is -2.06. The van der Waals surface area contributed by atoms with Crippen molar-refractivity contribution in [2.45, 2.75) is 13.5 Å². The van der Waals surface area contributed by atoms with Crippen LogP contribution in [0.4, 0.5) is 0 Å². The average molecular weight is 252 g/mol. The highest BCUT2D eigenvalue weighted by atomic mass is 15.3. The van der Waals surface area contributed by atoms with E-state index in [1.165, 1.54) is 0 Å². The molecule has 19 heavy (non-hydrogen) atoms. The molecule has 0 radical (unpaired) electrons. The van der Waals surface area contributed by atoms with Gasteiger partial charge in [0, 0.05) is 18.1 Å². The number of hydrogen-bond acceptors (Lipinski definition) is 3. The lowest BCUT2D eigenvalue weighted by molar-refractivity contribution is 0.709. The van der Waals surface area contributed by atoms with Crippen LogP contribution >= 0.6 is 0 Å². The van der Waals surface area contributed by atoms with Gasteiger partial charge in [-0.05, 0) is 24.7 Å². The van der Waals surface area contributed by atoms with E-state index in [0.717, 1.165) is 35.4 Å². The molecule has 0 aliphatic rings. The largest absolute Gasteiger partial charge is 0.311 e. The van der Waals surface area contributed by atoms with Crippen molar-refractivity contribution in [1.29, 1.82) is 0 Å². The number of para-hydroxylation sites is 1. The Bertz CT molecular complexity index is 687. The van der Waals surface area contributed by atoms with E-state index in [1.807, 2.05) is 35.3 Å². The van der Waals surface area contributed by atoms with E-state index in [4.69, 9.17) is 0 Å². The van der Waals surface area contributed by atoms with Crippen molar-refractivity contribution in [3.8, 4) is 5.69 Å². The van der Waals surface area contributed by atoms with Gasteiger partial charge < -0.3 is 5.32 Å². The zero-order chi connectivity index (χ0) is 13.1. The maximum Gasteiger partial charge on any atom is 0.0741 e. The summed E-state index contributed by atoms with van der Waals surface area (Å²) in [7, 11) is 0. The maximum absolute atomic E-state index is 4.46. The Morgan fingerprint density at radius 1 is 1.21 bits per heavy atom. The number of nitrogens with one attached hydrogen (secondary N) is 1. The van der Waals surface area contributed by atoms with Crippen molar-refractivity contribution in [3.63, 3.8) is 0 Å². The van der Waals surface area contributed by atoms with Crippen LogP contribution in [0.1, 0.15) is 12.6 Å². The van der Waals surface area contributed by atoms with E-state index in [9.17, 15) is 0 Å². The second kappa shape index (κ2) is 5.20. The fraction of sp³-hybridized carbons (Fsp3) is 0.200. The molecule has 0 bridgehead atoms. The van der Waals surface area contributed by atoms with Crippen molar-refractivity contribution >= 4 is 10.9 Å². The fourth-order valence-corrected chi connectivity index (χ4v) is 2.12. The molecule has 0 atom stereocenters. The van der Waals surface area contributed by atoms with E-state index >= 15 is 0 Å². The van der Waals surface area contributed by atoms with Gasteiger partial charge in [-0.15, -0.1) is 0 Å². The van der Waals surface area contributed by atoms with Gasteiger partial charge in [-0.3, -0.25) is 4.98 Å². The van der Waals surface area contributed by atoms with Gasteiger partial charge in [-0.2, -0.15) is 5.10 Å². The summed E-state index contributed by atoms with van der Waals surface area (Å²) in [6.45, 7) is 3.81. The molecule has 0 saturated carbocycles. The van der Waals surface area contributed by atoms with Crippen LogP contribution in [0.5, 0.6) is 0 Å². The van der Waals surface area contributed by atoms with E-state index in [1.54, 1.807) is 0 Å². The van der Waals surface area contributed by atoms with Crippen LogP contribution in [0.3, 0.4) is 0 Å². The van der Waals surface area contributed by atoms with Gasteiger partial charge in [0.2, 0.25) is 0 Å². The number of fused-ring (bicyclic) bond motifs is 1. The Kier molecular flexibility index (Phi) is 3.25. The first kappa shape index (κ1) is 11.9. The number of aromatic nitrogens is 3. The molecule has 3 rings (SSSR count). The predicted octanol–water partition coefficient (Wildman–Crippen LogP) is 2.53. The molecule has 0 saturated heterocycles. The van der Waals surface area contributed by atoms with Crippen LogP contribution in [0.25, 0.3) is 16.6 Å². The topological polar surface area (TPSA) is 42.7 Å². The van der Waals surface area contributed by atoms with Crippen molar-refractivity contribution in [2.24, 2.45) is 0 Å². The normalized spacial score (nSPS) is 11.0. The SMILES string of the molecule is CCNCc1cc(-n2ncc3ccccc32)ccn1. The Labute approximate surface area is 112 Å². The molecular weight excluding hydrogens is 236 g/mol. The Morgan fingerprint density at radius 2 is 2.11 bits per heavy atom. The van der Waals surface area contributed by atoms with Crippen molar-refractivity contribution < 1.29 is 0 Å². The second-order valence-corrected chi connectivity index (χ2v) is 4.40. The first-order chi connectivity index (χ1) is 9.38. The first-order valence-electron chi connectivity index (χ1n) is 6.47. The number of hydrogen-bond donors (Lipinski definition) is 1. The predicted molar refractivity (Wildman–Crippen MR) is 76.2 cm³/mol. The van der Waals surface area contributed by atoms with Crippen LogP contribution in [-0.4, -0.2) is 21.3 Å². The lowest BCUT2D eigenvalue weighted by atomic mass is 10.2. The number of nitrogens with zero attached hydrogens (tertiary/aromatic N) is 3. The molecule has 3 aromatic rings. The Morgan fingerprint density at radius 3 is 3.00 bits per heavy atom. The van der Waals surface area contributed by atoms with Gasteiger partial charge in [0.05, 0.1) is 23.1 Å². The number of rotatable bonds is 4. The van der Waals surface area contributed by atoms with Crippen LogP contribution in [-0.2, 0) is 6.54 Å². The molecule has 0 spiro atoms. The quantitative estimate of drug-likeness (QED) is 0.776. The summed E-state index contributed by atoms with van der Waals surface area (Å²) < 4.78 is 1.95. The van der Waals surface area contributed by atoms with Crippen molar-refractivity contribution in [2.75, 3.05) is 6.54 Å². The molecule has 0 aliphatic carbocycles. The molecule has 2 aromatic heterocycles. The average Bonchev–Trinajstić information content (AvgIpc) is 2.89. The van der Waals surface area contributed by atoms with Crippen LogP contribution in [0.15, 0.2) is 48.8 Å². The zero-order valence-corrected chi connectivity index (χ0v) is 10.9. The minimum atomic E-state index is 0.781. The highest BCUT2D eigenvalue weighted by Crippen LogP contribution is 2.17. The summed E-state index contributed by atoms with van der Waals surface area (Å²) in [4.78, 5) is 4.36. The molecule has 1 aromatic carbocycles. The highest BCUT2D eigenvalue weighted by molar-refractivity contribution is 5.80. The summed E-state index contributed by atoms with van der Waals surface area (Å²) in [6, 6.07) is 12.3. The first-order valence-corrected chi connectivity index (χ1v) is 6.47. The molecule has 96 valence electrons. The summed E-state index contributed by atoms with van der Waals surface area (Å²) >= 11 is 0. The minimum absolute atomic E-state index is 0.781. The third-order valence-electron chi connectivity index (χ3n) is 3.08. The maximum atomic E-state index is 4.46. The van der Waals surface area contributed by atoms with Crippen LogP contribution in [0, 0.1) is 0 Å². The van der Waals surface area contributed by atoms with Gasteiger partial charge in [0.1, 0.15) is 0 Å². The smallest absolute Gasteiger partial charge is 0.0741 e. The van der Waals surface area contributed by atoms with Crippen molar-refractivity contribution in [3.05, 3.63) is 54.5 Å². The zero-order valence-electron chi connectivity index (χ0n) is 10.9. The van der Waals surface area contributed by atoms with Crippen LogP contribution in [0.2, 0.25) is 0 Å². The second-order valence-electron chi connectivity index (χ2n) is 4.40. The monoisotopic (exact) mass is 252 g/mol. The molecule has 2 heterocycles. The lowest BCUT2D eigenvalue weighted by Crippen LogP contribution is -2.13. The molecule has 0 fully saturated rings. The number of pyridine rings is 1. The molecule has 1 N–H and O–H groups in total. The van der Waals surface area contributed by atoms with Gasteiger partial charge in [-0.1, -0.05) is 25.1 Å². The van der Waals surface area contributed by atoms with Gasteiger partial charge in [-0.25, -0.2) is 4.68 Å². The standard InChI is InChI=1S/C15H16N4/c1-2-16-11-13-9-14(7-8-17-13)19-15-6-4-3-5-12(15)10-18-19/h3-10,16H,2,11H2,1H3. The molecule has 4 nitrogen and oxygen atoms in total. The Balaban J connectivity index is 2.01. The summed E-state index contributed by atoms with van der Waals surface area (Å²) in [5.41, 5.74) is 3.19. The fourth-order valence-electron chi connectivity index (χ4n) is 2.12. The van der Waals surface area contributed by atoms with Gasteiger partial charge in [0.25, 0.3) is 0 Å². The molecule has 0 aliphatic heterocycles. The van der Waals surface area contributed by atoms with E-state index in [-0.39, 0.29) is 0 Å². The van der Waals surface area contributed by atoms with Crippen LogP contribution < -0.4 is 5.32 Å². The Hall–Kier alpha value is -2.20. The summed E-state index contributed by atoms with van der Waals surface area (Å²) in [5, 5.41) is 8.88. The molecular formula is C15H16N4. The molecule has 0 unspecified atom stereocenters. The minimum Gasteiger partial charge on any atom is -0.311 e. The number of benzene rings is 1. The summed E-state index contributed by atoms with van der Waals surface area (Å²) in [5.74, 6) is 0. The third kappa shape index (κ3) is 2.35. The van der Waals surface area contributed by atoms with E-state index in [2.05, 4.69) is 40.5 Å². The molecule has 0 amide bonds. The van der Waals surface area contributed by atoms with Gasteiger partial charge >= 0.3 is 0 Å². The highest BCUT2D eigenvalue weighted by Gasteiger charge is 2.05. The van der Waals surface area contributed by atoms with Crippen molar-refractivity contribution in [1.82, 2.24) is 20.1 Å². The summed E-state index contributed by atoms with van der Waals surface area (Å²) in [6.07, 6.45) is 3.72. The third-order valence-corrected chi connectivity index (χ3v) is 3.08. The molecule has 4 heteroatoms. The van der Waals surface area contributed by atoms with E-state index < -0.39 is 0 Å². The van der Waals surface area contributed by atoms with Gasteiger partial charge in [0.15, 0.2) is 0 Å².